The second-order valence-electron chi connectivity index (χ2n) is 6.38. The number of hydrogen-bond donors (Lipinski definition) is 0. The molecule has 4 rings (SSSR count). The molecule has 0 bridgehead atoms. The minimum Gasteiger partial charge on any atom is -0.361 e. The highest BCUT2D eigenvalue weighted by Crippen LogP contribution is 2.33. The van der Waals surface area contributed by atoms with Crippen molar-refractivity contribution in [1.82, 2.24) is 30.0 Å². The molecule has 1 saturated heterocycles. The van der Waals surface area contributed by atoms with Gasteiger partial charge in [-0.2, -0.15) is 0 Å². The molecule has 1 atom stereocenters. The minimum absolute atomic E-state index is 0.280. The van der Waals surface area contributed by atoms with Gasteiger partial charge in [0.15, 0.2) is 5.82 Å². The molecule has 1 fully saturated rings. The smallest absolute Gasteiger partial charge is 0.164 e. The summed E-state index contributed by atoms with van der Waals surface area (Å²) in [4.78, 5) is 19.9. The normalized spacial score (nSPS) is 17.9. The van der Waals surface area contributed by atoms with Gasteiger partial charge >= 0.3 is 0 Å². The van der Waals surface area contributed by atoms with E-state index in [2.05, 4.69) is 25.0 Å². The van der Waals surface area contributed by atoms with Crippen LogP contribution in [-0.2, 0) is 6.54 Å². The molecule has 0 N–H and O–H groups in total. The van der Waals surface area contributed by atoms with Crippen LogP contribution in [0.2, 0.25) is 0 Å². The lowest BCUT2D eigenvalue weighted by atomic mass is 10.1. The van der Waals surface area contributed by atoms with Gasteiger partial charge in [0, 0.05) is 30.7 Å². The first-order chi connectivity index (χ1) is 12.2. The quantitative estimate of drug-likeness (QED) is 0.724. The van der Waals surface area contributed by atoms with Gasteiger partial charge in [-0.3, -0.25) is 4.90 Å². The van der Waals surface area contributed by atoms with Gasteiger partial charge in [0.25, 0.3) is 0 Å². The van der Waals surface area contributed by atoms with Crippen molar-refractivity contribution in [3.63, 3.8) is 0 Å². The van der Waals surface area contributed by atoms with Crippen LogP contribution in [0.4, 0.5) is 0 Å². The van der Waals surface area contributed by atoms with E-state index in [1.807, 2.05) is 38.5 Å². The molecule has 4 heterocycles. The molecule has 0 aromatic carbocycles. The summed E-state index contributed by atoms with van der Waals surface area (Å²) in [5, 5.41) is 4.01. The highest BCUT2D eigenvalue weighted by molar-refractivity contribution is 5.59. The van der Waals surface area contributed by atoms with E-state index >= 15 is 0 Å². The summed E-state index contributed by atoms with van der Waals surface area (Å²) in [6.07, 6.45) is 9.38. The number of hydrogen-bond acceptors (Lipinski definition) is 7. The van der Waals surface area contributed by atoms with Crippen LogP contribution < -0.4 is 0 Å². The molecule has 7 heteroatoms. The van der Waals surface area contributed by atoms with E-state index in [1.54, 1.807) is 6.33 Å². The Kier molecular flexibility index (Phi) is 4.23. The van der Waals surface area contributed by atoms with Crippen molar-refractivity contribution in [2.24, 2.45) is 0 Å². The van der Waals surface area contributed by atoms with Crippen molar-refractivity contribution < 1.29 is 4.52 Å². The summed E-state index contributed by atoms with van der Waals surface area (Å²) in [6, 6.07) is 2.29. The van der Waals surface area contributed by atoms with Gasteiger partial charge in [0.2, 0.25) is 0 Å². The molecular formula is C18H20N6O. The van der Waals surface area contributed by atoms with E-state index in [4.69, 9.17) is 9.51 Å². The van der Waals surface area contributed by atoms with Gasteiger partial charge in [-0.1, -0.05) is 5.16 Å². The van der Waals surface area contributed by atoms with E-state index in [-0.39, 0.29) is 6.04 Å². The number of rotatable bonds is 4. The van der Waals surface area contributed by atoms with E-state index in [0.29, 0.717) is 5.82 Å². The first-order valence-electron chi connectivity index (χ1n) is 8.46. The molecule has 0 saturated carbocycles. The van der Waals surface area contributed by atoms with Crippen LogP contribution >= 0.6 is 0 Å². The van der Waals surface area contributed by atoms with Gasteiger partial charge in [0.05, 0.1) is 23.0 Å². The van der Waals surface area contributed by atoms with Crippen LogP contribution in [-0.4, -0.2) is 36.5 Å². The maximum Gasteiger partial charge on any atom is 0.164 e. The van der Waals surface area contributed by atoms with Crippen LogP contribution in [0.25, 0.3) is 11.4 Å². The summed E-state index contributed by atoms with van der Waals surface area (Å²) < 4.78 is 5.26. The average molecular weight is 336 g/mol. The third-order valence-corrected chi connectivity index (χ3v) is 4.64. The van der Waals surface area contributed by atoms with Gasteiger partial charge in [-0.15, -0.1) is 0 Å². The fourth-order valence-electron chi connectivity index (χ4n) is 3.48. The molecule has 0 aliphatic carbocycles. The number of nitrogens with zero attached hydrogens (tertiary/aromatic N) is 6. The van der Waals surface area contributed by atoms with E-state index in [0.717, 1.165) is 54.2 Å². The number of likely N-dealkylation sites (tertiary alicyclic amines) is 1. The van der Waals surface area contributed by atoms with E-state index in [9.17, 15) is 0 Å². The lowest BCUT2D eigenvalue weighted by Gasteiger charge is -2.24. The van der Waals surface area contributed by atoms with Crippen molar-refractivity contribution in [3.8, 4) is 11.4 Å². The third kappa shape index (κ3) is 3.15. The minimum atomic E-state index is 0.280. The van der Waals surface area contributed by atoms with Crippen molar-refractivity contribution in [2.75, 3.05) is 6.54 Å². The summed E-state index contributed by atoms with van der Waals surface area (Å²) in [5.41, 5.74) is 3.87. The van der Waals surface area contributed by atoms with Crippen molar-refractivity contribution >= 4 is 0 Å². The molecule has 25 heavy (non-hydrogen) atoms. The molecule has 1 unspecified atom stereocenters. The lowest BCUT2D eigenvalue weighted by molar-refractivity contribution is 0.244. The molecular weight excluding hydrogens is 316 g/mol. The Morgan fingerprint density at radius 3 is 2.84 bits per heavy atom. The zero-order chi connectivity index (χ0) is 17.2. The Labute approximate surface area is 146 Å². The van der Waals surface area contributed by atoms with Crippen molar-refractivity contribution in [3.05, 3.63) is 53.7 Å². The van der Waals surface area contributed by atoms with Gasteiger partial charge < -0.3 is 4.52 Å². The summed E-state index contributed by atoms with van der Waals surface area (Å²) in [5.74, 6) is 1.43. The Morgan fingerprint density at radius 1 is 1.24 bits per heavy atom. The molecule has 1 aliphatic rings. The fraction of sp³-hybridized carbons (Fsp3) is 0.389. The second-order valence-corrected chi connectivity index (χ2v) is 6.38. The maximum atomic E-state index is 5.26. The molecule has 128 valence electrons. The highest BCUT2D eigenvalue weighted by Gasteiger charge is 2.28. The molecule has 0 amide bonds. The predicted molar refractivity (Wildman–Crippen MR) is 91.4 cm³/mol. The Hall–Kier alpha value is -2.67. The molecule has 7 nitrogen and oxygen atoms in total. The molecule has 3 aromatic heterocycles. The molecule has 0 spiro atoms. The first-order valence-corrected chi connectivity index (χ1v) is 8.46. The largest absolute Gasteiger partial charge is 0.361 e. The van der Waals surface area contributed by atoms with Crippen molar-refractivity contribution in [1.29, 1.82) is 0 Å². The number of aryl methyl sites for hydroxylation is 2. The summed E-state index contributed by atoms with van der Waals surface area (Å²) >= 11 is 0. The van der Waals surface area contributed by atoms with Gasteiger partial charge in [-0.25, -0.2) is 19.9 Å². The Morgan fingerprint density at radius 2 is 2.08 bits per heavy atom. The zero-order valence-corrected chi connectivity index (χ0v) is 14.4. The average Bonchev–Trinajstić information content (AvgIpc) is 3.22. The van der Waals surface area contributed by atoms with Crippen LogP contribution in [0.3, 0.4) is 0 Å². The highest BCUT2D eigenvalue weighted by atomic mass is 16.5. The second kappa shape index (κ2) is 6.68. The van der Waals surface area contributed by atoms with Crippen LogP contribution in [0.5, 0.6) is 0 Å². The fourth-order valence-corrected chi connectivity index (χ4v) is 3.48. The van der Waals surface area contributed by atoms with Gasteiger partial charge in [-0.05, 0) is 39.3 Å². The number of aromatic nitrogens is 5. The summed E-state index contributed by atoms with van der Waals surface area (Å²) in [7, 11) is 0. The first kappa shape index (κ1) is 15.8. The standard InChI is InChI=1S/C18H20N6O/c1-12-17(13(2)25-23-12)18-21-6-5-15(22-18)16-4-3-7-24(16)10-14-8-19-11-20-9-14/h5-6,8-9,11,16H,3-4,7,10H2,1-2H3. The van der Waals surface area contributed by atoms with Crippen LogP contribution in [0.15, 0.2) is 35.5 Å². The monoisotopic (exact) mass is 336 g/mol. The van der Waals surface area contributed by atoms with Crippen LogP contribution in [0.1, 0.15) is 41.6 Å². The Bertz CT molecular complexity index is 844. The SMILES string of the molecule is Cc1noc(C)c1-c1nccc(C2CCCN2Cc2cncnc2)n1. The molecule has 3 aromatic rings. The maximum absolute atomic E-state index is 5.26. The lowest BCUT2D eigenvalue weighted by Crippen LogP contribution is -2.23. The van der Waals surface area contributed by atoms with E-state index in [1.165, 1.54) is 0 Å². The molecule has 1 aliphatic heterocycles. The topological polar surface area (TPSA) is 80.8 Å². The van der Waals surface area contributed by atoms with Crippen molar-refractivity contribution in [2.45, 2.75) is 39.3 Å². The summed E-state index contributed by atoms with van der Waals surface area (Å²) in [6.45, 7) is 5.68. The third-order valence-electron chi connectivity index (χ3n) is 4.64. The zero-order valence-electron chi connectivity index (χ0n) is 14.4. The molecule has 0 radical (unpaired) electrons. The van der Waals surface area contributed by atoms with E-state index < -0.39 is 0 Å². The Balaban J connectivity index is 1.62. The van der Waals surface area contributed by atoms with Gasteiger partial charge in [0.1, 0.15) is 12.1 Å². The van der Waals surface area contributed by atoms with Crippen LogP contribution in [0, 0.1) is 13.8 Å². The predicted octanol–water partition coefficient (Wildman–Crippen LogP) is 2.88.